The second kappa shape index (κ2) is 3.02. The van der Waals surface area contributed by atoms with Crippen LogP contribution in [0, 0.1) is 5.82 Å². The highest BCUT2D eigenvalue weighted by molar-refractivity contribution is 5.60. The largest absolute Gasteiger partial charge is 0.368 e. The number of hydrogen-bond acceptors (Lipinski definition) is 3. The lowest BCUT2D eigenvalue weighted by Gasteiger charge is -1.94. The zero-order valence-electron chi connectivity index (χ0n) is 7.31. The molecule has 4 N–H and O–H groups in total. The Hall–Kier alpha value is -2.04. The molecule has 0 saturated heterocycles. The molecule has 0 saturated carbocycles. The van der Waals surface area contributed by atoms with Crippen molar-refractivity contribution in [2.45, 2.75) is 0 Å². The predicted molar refractivity (Wildman–Crippen MR) is 52.2 cm³/mol. The van der Waals surface area contributed by atoms with Crippen molar-refractivity contribution in [1.29, 1.82) is 0 Å². The van der Waals surface area contributed by atoms with E-state index >= 15 is 0 Å². The minimum atomic E-state index is -0.283. The number of anilines is 1. The van der Waals surface area contributed by atoms with Gasteiger partial charge in [-0.25, -0.2) is 14.1 Å². The molecule has 5 heteroatoms. The third-order valence-corrected chi connectivity index (χ3v) is 1.90. The number of halogens is 1. The van der Waals surface area contributed by atoms with Gasteiger partial charge < -0.3 is 11.6 Å². The molecule has 0 aliphatic heterocycles. The summed E-state index contributed by atoms with van der Waals surface area (Å²) in [5, 5.41) is 0. The van der Waals surface area contributed by atoms with Gasteiger partial charge in [-0.05, 0) is 24.3 Å². The van der Waals surface area contributed by atoms with Crippen molar-refractivity contribution < 1.29 is 4.39 Å². The van der Waals surface area contributed by atoms with Crippen molar-refractivity contribution in [2.75, 3.05) is 11.6 Å². The van der Waals surface area contributed by atoms with Crippen LogP contribution in [0.25, 0.3) is 11.3 Å². The summed E-state index contributed by atoms with van der Waals surface area (Å²) in [7, 11) is 0. The van der Waals surface area contributed by atoms with E-state index in [1.54, 1.807) is 18.3 Å². The first-order chi connectivity index (χ1) is 6.66. The Labute approximate surface area is 79.9 Å². The van der Waals surface area contributed by atoms with Crippen LogP contribution in [0.5, 0.6) is 0 Å². The summed E-state index contributed by atoms with van der Waals surface area (Å²) in [6, 6.07) is 5.97. The van der Waals surface area contributed by atoms with E-state index in [-0.39, 0.29) is 11.8 Å². The summed E-state index contributed by atoms with van der Waals surface area (Å²) < 4.78 is 13.8. The van der Waals surface area contributed by atoms with E-state index in [1.165, 1.54) is 16.8 Å². The van der Waals surface area contributed by atoms with Gasteiger partial charge in [-0.1, -0.05) is 0 Å². The van der Waals surface area contributed by atoms with Crippen LogP contribution in [0.1, 0.15) is 0 Å². The first kappa shape index (κ1) is 8.55. The first-order valence-corrected chi connectivity index (χ1v) is 4.02. The van der Waals surface area contributed by atoms with Crippen LogP contribution in [-0.4, -0.2) is 9.66 Å². The van der Waals surface area contributed by atoms with Gasteiger partial charge in [-0.3, -0.25) is 0 Å². The molecule has 0 radical (unpaired) electrons. The van der Waals surface area contributed by atoms with Crippen LogP contribution in [0.2, 0.25) is 0 Å². The molecule has 0 unspecified atom stereocenters. The topological polar surface area (TPSA) is 69.9 Å². The Morgan fingerprint density at radius 1 is 1.21 bits per heavy atom. The summed E-state index contributed by atoms with van der Waals surface area (Å²) in [5.74, 6) is 5.41. The number of hydrogen-bond donors (Lipinski definition) is 2. The number of rotatable bonds is 1. The van der Waals surface area contributed by atoms with Gasteiger partial charge >= 0.3 is 0 Å². The fourth-order valence-electron chi connectivity index (χ4n) is 1.17. The Morgan fingerprint density at radius 2 is 1.86 bits per heavy atom. The maximum atomic E-state index is 12.6. The van der Waals surface area contributed by atoms with E-state index in [0.29, 0.717) is 5.69 Å². The smallest absolute Gasteiger partial charge is 0.219 e. The molecule has 0 bridgehead atoms. The van der Waals surface area contributed by atoms with Crippen LogP contribution >= 0.6 is 0 Å². The molecule has 2 aromatic rings. The van der Waals surface area contributed by atoms with Gasteiger partial charge in [0.25, 0.3) is 0 Å². The quantitative estimate of drug-likeness (QED) is 0.662. The molecule has 72 valence electrons. The fourth-order valence-corrected chi connectivity index (χ4v) is 1.17. The Bertz CT molecular complexity index is 427. The van der Waals surface area contributed by atoms with Crippen molar-refractivity contribution in [3.8, 4) is 11.3 Å². The zero-order chi connectivity index (χ0) is 10.1. The second-order valence-electron chi connectivity index (χ2n) is 2.90. The lowest BCUT2D eigenvalue weighted by atomic mass is 10.2. The minimum Gasteiger partial charge on any atom is -0.368 e. The molecule has 1 aromatic carbocycles. The van der Waals surface area contributed by atoms with Crippen molar-refractivity contribution in [2.24, 2.45) is 0 Å². The third kappa shape index (κ3) is 1.39. The number of imidazole rings is 1. The standard InChI is InChI=1S/C9H9FN4/c10-7-3-1-6(2-4-7)8-5-14(12)9(11)13-8/h1-5H,12H2,(H2,11,13). The van der Waals surface area contributed by atoms with Crippen LogP contribution in [-0.2, 0) is 0 Å². The van der Waals surface area contributed by atoms with E-state index < -0.39 is 0 Å². The van der Waals surface area contributed by atoms with E-state index in [0.717, 1.165) is 5.56 Å². The predicted octanol–water partition coefficient (Wildman–Crippen LogP) is 0.985. The first-order valence-electron chi connectivity index (χ1n) is 4.02. The summed E-state index contributed by atoms with van der Waals surface area (Å²) in [4.78, 5) is 4.00. The maximum Gasteiger partial charge on any atom is 0.219 e. The number of aromatic nitrogens is 2. The molecule has 0 aliphatic rings. The molecule has 0 fully saturated rings. The van der Waals surface area contributed by atoms with E-state index in [2.05, 4.69) is 4.98 Å². The van der Waals surface area contributed by atoms with Crippen LogP contribution in [0.15, 0.2) is 30.5 Å². The van der Waals surface area contributed by atoms with Gasteiger partial charge in [0, 0.05) is 5.56 Å². The molecule has 0 aliphatic carbocycles. The summed E-state index contributed by atoms with van der Waals surface area (Å²) in [6.45, 7) is 0. The molecule has 0 spiro atoms. The highest BCUT2D eigenvalue weighted by Gasteiger charge is 2.04. The van der Waals surface area contributed by atoms with Gasteiger partial charge in [0.1, 0.15) is 5.82 Å². The lowest BCUT2D eigenvalue weighted by molar-refractivity contribution is 0.628. The zero-order valence-corrected chi connectivity index (χ0v) is 7.31. The highest BCUT2D eigenvalue weighted by atomic mass is 19.1. The Balaban J connectivity index is 2.44. The number of nitrogen functional groups attached to an aromatic ring is 2. The van der Waals surface area contributed by atoms with Gasteiger partial charge in [0.05, 0.1) is 11.9 Å². The van der Waals surface area contributed by atoms with Crippen molar-refractivity contribution in [3.63, 3.8) is 0 Å². The normalized spacial score (nSPS) is 10.4. The van der Waals surface area contributed by atoms with Crippen molar-refractivity contribution in [3.05, 3.63) is 36.3 Å². The maximum absolute atomic E-state index is 12.6. The van der Waals surface area contributed by atoms with Gasteiger partial charge in [0.15, 0.2) is 0 Å². The highest BCUT2D eigenvalue weighted by Crippen LogP contribution is 2.18. The molecule has 2 rings (SSSR count). The SMILES string of the molecule is Nc1nc(-c2ccc(F)cc2)cn1N. The summed E-state index contributed by atoms with van der Waals surface area (Å²) in [5.41, 5.74) is 6.87. The number of nitrogens with two attached hydrogens (primary N) is 2. The molecular weight excluding hydrogens is 183 g/mol. The second-order valence-corrected chi connectivity index (χ2v) is 2.90. The molecule has 1 aromatic heterocycles. The Kier molecular flexibility index (Phi) is 1.85. The minimum absolute atomic E-state index is 0.226. The van der Waals surface area contributed by atoms with Crippen LogP contribution in [0.3, 0.4) is 0 Å². The molecule has 0 atom stereocenters. The third-order valence-electron chi connectivity index (χ3n) is 1.90. The molecule has 14 heavy (non-hydrogen) atoms. The van der Waals surface area contributed by atoms with Crippen molar-refractivity contribution in [1.82, 2.24) is 9.66 Å². The lowest BCUT2D eigenvalue weighted by Crippen LogP contribution is -2.09. The number of benzene rings is 1. The van der Waals surface area contributed by atoms with Crippen molar-refractivity contribution >= 4 is 5.95 Å². The molecular formula is C9H9FN4. The monoisotopic (exact) mass is 192 g/mol. The van der Waals surface area contributed by atoms with E-state index in [4.69, 9.17) is 11.6 Å². The number of nitrogens with zero attached hydrogens (tertiary/aromatic N) is 2. The van der Waals surface area contributed by atoms with E-state index in [1.807, 2.05) is 0 Å². The van der Waals surface area contributed by atoms with Crippen LogP contribution in [0.4, 0.5) is 10.3 Å². The molecule has 4 nitrogen and oxygen atoms in total. The summed E-state index contributed by atoms with van der Waals surface area (Å²) >= 11 is 0. The Morgan fingerprint density at radius 3 is 2.36 bits per heavy atom. The van der Waals surface area contributed by atoms with Gasteiger partial charge in [-0.15, -0.1) is 0 Å². The van der Waals surface area contributed by atoms with Gasteiger partial charge in [0.2, 0.25) is 5.95 Å². The fraction of sp³-hybridized carbons (Fsp3) is 0. The van der Waals surface area contributed by atoms with Crippen LogP contribution < -0.4 is 11.6 Å². The summed E-state index contributed by atoms with van der Waals surface area (Å²) in [6.07, 6.45) is 1.59. The average Bonchev–Trinajstić information content (AvgIpc) is 2.48. The molecule has 0 amide bonds. The van der Waals surface area contributed by atoms with Gasteiger partial charge in [-0.2, -0.15) is 0 Å². The molecule has 1 heterocycles. The average molecular weight is 192 g/mol. The van der Waals surface area contributed by atoms with E-state index in [9.17, 15) is 4.39 Å².